The minimum atomic E-state index is -0.0916. The molecule has 0 saturated heterocycles. The molecule has 1 aromatic carbocycles. The molecular formula is C18H21N3O. The molecule has 1 aromatic heterocycles. The topological polar surface area (TPSA) is 57.8 Å². The summed E-state index contributed by atoms with van der Waals surface area (Å²) >= 11 is 0. The van der Waals surface area contributed by atoms with Crippen LogP contribution in [-0.4, -0.2) is 16.1 Å². The first-order chi connectivity index (χ1) is 10.7. The van der Waals surface area contributed by atoms with E-state index in [9.17, 15) is 4.79 Å². The molecule has 2 bridgehead atoms. The van der Waals surface area contributed by atoms with Gasteiger partial charge in [0.05, 0.1) is 11.8 Å². The number of rotatable bonds is 3. The van der Waals surface area contributed by atoms with Crippen molar-refractivity contribution in [2.45, 2.75) is 38.5 Å². The number of hydrogen-bond acceptors (Lipinski definition) is 2. The van der Waals surface area contributed by atoms with Crippen molar-refractivity contribution in [3.8, 4) is 0 Å². The lowest BCUT2D eigenvalue weighted by atomic mass is 9.85. The van der Waals surface area contributed by atoms with E-state index in [4.69, 9.17) is 0 Å². The van der Waals surface area contributed by atoms with Crippen LogP contribution in [0.4, 0.5) is 5.69 Å². The smallest absolute Gasteiger partial charge is 0.258 e. The number of aromatic amines is 1. The molecule has 0 aliphatic heterocycles. The number of hydrogen-bond donors (Lipinski definition) is 2. The highest BCUT2D eigenvalue weighted by molar-refractivity contribution is 6.04. The maximum Gasteiger partial charge on any atom is 0.258 e. The van der Waals surface area contributed by atoms with E-state index in [0.29, 0.717) is 23.3 Å². The highest BCUT2D eigenvalue weighted by atomic mass is 16.1. The maximum atomic E-state index is 12.3. The van der Waals surface area contributed by atoms with Crippen LogP contribution in [0.2, 0.25) is 0 Å². The SMILES string of the molecule is CC(C)C1C2CCC1c1c(NC(=O)c3cn[nH]c3)cccc12. The molecule has 1 saturated carbocycles. The van der Waals surface area contributed by atoms with Crippen LogP contribution in [-0.2, 0) is 0 Å². The quantitative estimate of drug-likeness (QED) is 0.902. The zero-order chi connectivity index (χ0) is 15.3. The fourth-order valence-corrected chi connectivity index (χ4v) is 4.65. The molecule has 4 heteroatoms. The molecule has 114 valence electrons. The van der Waals surface area contributed by atoms with Gasteiger partial charge in [0.1, 0.15) is 0 Å². The van der Waals surface area contributed by atoms with Crippen molar-refractivity contribution in [3.63, 3.8) is 0 Å². The Morgan fingerprint density at radius 2 is 2.14 bits per heavy atom. The Morgan fingerprint density at radius 1 is 1.32 bits per heavy atom. The Bertz CT molecular complexity index is 705. The van der Waals surface area contributed by atoms with Crippen LogP contribution in [0.15, 0.2) is 30.6 Å². The van der Waals surface area contributed by atoms with Crippen molar-refractivity contribution in [1.82, 2.24) is 10.2 Å². The highest BCUT2D eigenvalue weighted by Crippen LogP contribution is 2.61. The lowest BCUT2D eigenvalue weighted by Gasteiger charge is -2.21. The van der Waals surface area contributed by atoms with Crippen molar-refractivity contribution in [2.24, 2.45) is 11.8 Å². The zero-order valence-electron chi connectivity index (χ0n) is 13.0. The zero-order valence-corrected chi connectivity index (χ0v) is 13.0. The fraction of sp³-hybridized carbons (Fsp3) is 0.444. The maximum absolute atomic E-state index is 12.3. The van der Waals surface area contributed by atoms with Gasteiger partial charge in [-0.2, -0.15) is 5.10 Å². The van der Waals surface area contributed by atoms with Crippen LogP contribution in [0.1, 0.15) is 60.0 Å². The monoisotopic (exact) mass is 295 g/mol. The molecule has 4 nitrogen and oxygen atoms in total. The summed E-state index contributed by atoms with van der Waals surface area (Å²) in [5.74, 6) is 2.59. The molecule has 4 rings (SSSR count). The molecule has 3 unspecified atom stereocenters. The van der Waals surface area contributed by atoms with Crippen molar-refractivity contribution in [1.29, 1.82) is 0 Å². The van der Waals surface area contributed by atoms with Crippen LogP contribution in [0, 0.1) is 11.8 Å². The molecule has 2 N–H and O–H groups in total. The van der Waals surface area contributed by atoms with E-state index in [1.165, 1.54) is 24.0 Å². The van der Waals surface area contributed by atoms with E-state index >= 15 is 0 Å². The van der Waals surface area contributed by atoms with Crippen LogP contribution in [0.3, 0.4) is 0 Å². The number of nitrogens with one attached hydrogen (secondary N) is 2. The third kappa shape index (κ3) is 1.90. The summed E-state index contributed by atoms with van der Waals surface area (Å²) in [7, 11) is 0. The number of H-pyrrole nitrogens is 1. The van der Waals surface area contributed by atoms with Crippen LogP contribution in [0.25, 0.3) is 0 Å². The average molecular weight is 295 g/mol. The summed E-state index contributed by atoms with van der Waals surface area (Å²) in [6, 6.07) is 6.36. The first-order valence-electron chi connectivity index (χ1n) is 8.09. The largest absolute Gasteiger partial charge is 0.322 e. The summed E-state index contributed by atoms with van der Waals surface area (Å²) in [5, 5.41) is 9.62. The molecule has 2 aromatic rings. The van der Waals surface area contributed by atoms with Gasteiger partial charge in [-0.15, -0.1) is 0 Å². The van der Waals surface area contributed by atoms with E-state index in [0.717, 1.165) is 11.6 Å². The summed E-state index contributed by atoms with van der Waals surface area (Å²) in [6.45, 7) is 4.65. The number of carbonyl (C=O) groups is 1. The van der Waals surface area contributed by atoms with Gasteiger partial charge in [-0.05, 0) is 53.7 Å². The Hall–Kier alpha value is -2.10. The molecule has 1 amide bonds. The predicted octanol–water partition coefficient (Wildman–Crippen LogP) is 3.91. The van der Waals surface area contributed by atoms with Crippen LogP contribution in [0.5, 0.6) is 0 Å². The van der Waals surface area contributed by atoms with Gasteiger partial charge in [-0.1, -0.05) is 26.0 Å². The summed E-state index contributed by atoms with van der Waals surface area (Å²) in [5.41, 5.74) is 4.40. The first kappa shape index (κ1) is 13.6. The van der Waals surface area contributed by atoms with Gasteiger partial charge in [0.15, 0.2) is 0 Å². The lowest BCUT2D eigenvalue weighted by molar-refractivity contribution is 0.102. The van der Waals surface area contributed by atoms with E-state index in [1.54, 1.807) is 12.4 Å². The molecule has 2 aliphatic rings. The van der Waals surface area contributed by atoms with E-state index < -0.39 is 0 Å². The minimum absolute atomic E-state index is 0.0916. The highest BCUT2D eigenvalue weighted by Gasteiger charge is 2.47. The molecule has 0 spiro atoms. The molecule has 0 radical (unpaired) electrons. The Kier molecular flexibility index (Phi) is 3.06. The van der Waals surface area contributed by atoms with Crippen LogP contribution < -0.4 is 5.32 Å². The molecule has 2 aliphatic carbocycles. The second-order valence-corrected chi connectivity index (χ2v) is 6.86. The number of amides is 1. The van der Waals surface area contributed by atoms with E-state index in [1.807, 2.05) is 6.07 Å². The Morgan fingerprint density at radius 3 is 2.86 bits per heavy atom. The normalized spacial score (nSPS) is 25.5. The predicted molar refractivity (Wildman–Crippen MR) is 86.0 cm³/mol. The van der Waals surface area contributed by atoms with Gasteiger partial charge >= 0.3 is 0 Å². The third-order valence-electron chi connectivity index (χ3n) is 5.41. The lowest BCUT2D eigenvalue weighted by Crippen LogP contribution is -2.15. The third-order valence-corrected chi connectivity index (χ3v) is 5.41. The van der Waals surface area contributed by atoms with Gasteiger partial charge in [0.25, 0.3) is 5.91 Å². The van der Waals surface area contributed by atoms with Gasteiger partial charge in [0, 0.05) is 11.9 Å². The second-order valence-electron chi connectivity index (χ2n) is 6.86. The fourth-order valence-electron chi connectivity index (χ4n) is 4.65. The first-order valence-corrected chi connectivity index (χ1v) is 8.09. The number of aromatic nitrogens is 2. The number of benzene rings is 1. The standard InChI is InChI=1S/C18H21N3O/c1-10(2)16-13-6-7-14(16)17-12(13)4-3-5-15(17)21-18(22)11-8-19-20-9-11/h3-5,8-10,13-14,16H,6-7H2,1-2H3,(H,19,20)(H,21,22). The van der Waals surface area contributed by atoms with E-state index in [-0.39, 0.29) is 5.91 Å². The van der Waals surface area contributed by atoms with Crippen molar-refractivity contribution in [2.75, 3.05) is 5.32 Å². The molecule has 22 heavy (non-hydrogen) atoms. The molecule has 1 fully saturated rings. The van der Waals surface area contributed by atoms with Crippen molar-refractivity contribution >= 4 is 11.6 Å². The van der Waals surface area contributed by atoms with Crippen molar-refractivity contribution in [3.05, 3.63) is 47.3 Å². The Labute approximate surface area is 130 Å². The number of nitrogens with zero attached hydrogens (tertiary/aromatic N) is 1. The van der Waals surface area contributed by atoms with E-state index in [2.05, 4.69) is 41.5 Å². The summed E-state index contributed by atoms with van der Waals surface area (Å²) in [6.07, 6.45) is 5.72. The minimum Gasteiger partial charge on any atom is -0.322 e. The van der Waals surface area contributed by atoms with Crippen LogP contribution >= 0.6 is 0 Å². The molecule has 3 atom stereocenters. The summed E-state index contributed by atoms with van der Waals surface area (Å²) < 4.78 is 0. The second kappa shape index (κ2) is 4.97. The van der Waals surface area contributed by atoms with Crippen molar-refractivity contribution < 1.29 is 4.79 Å². The van der Waals surface area contributed by atoms with Gasteiger partial charge in [0.2, 0.25) is 0 Å². The number of carbonyl (C=O) groups excluding carboxylic acids is 1. The Balaban J connectivity index is 1.69. The molecule has 1 heterocycles. The average Bonchev–Trinajstić information content (AvgIpc) is 3.22. The molecular weight excluding hydrogens is 274 g/mol. The number of anilines is 1. The summed E-state index contributed by atoms with van der Waals surface area (Å²) in [4.78, 5) is 12.3. The van der Waals surface area contributed by atoms with Gasteiger partial charge < -0.3 is 5.32 Å². The van der Waals surface area contributed by atoms with Gasteiger partial charge in [-0.25, -0.2) is 0 Å². The van der Waals surface area contributed by atoms with Gasteiger partial charge in [-0.3, -0.25) is 9.89 Å². The number of fused-ring (bicyclic) bond motifs is 5.